The maximum Gasteiger partial charge on any atom is 0.346 e. The molecule has 0 spiro atoms. The molecule has 6 nitrogen and oxygen atoms in total. The van der Waals surface area contributed by atoms with Crippen LogP contribution in [0.1, 0.15) is 26.7 Å². The Kier molecular flexibility index (Phi) is 2.73. The first-order chi connectivity index (χ1) is 9.07. The molecule has 1 aliphatic rings. The summed E-state index contributed by atoms with van der Waals surface area (Å²) in [4.78, 5) is 18.5. The quantitative estimate of drug-likeness (QED) is 0.725. The molecule has 0 N–H and O–H groups in total. The number of rotatable bonds is 0. The number of carbonyl (C=O) groups excluding carboxylic acids is 1. The molecule has 0 atom stereocenters. The highest BCUT2D eigenvalue weighted by Crippen LogP contribution is 2.28. The highest BCUT2D eigenvalue weighted by atomic mass is 16.2. The van der Waals surface area contributed by atoms with E-state index in [2.05, 4.69) is 29.1 Å². The zero-order chi connectivity index (χ0) is 13.5. The van der Waals surface area contributed by atoms with Crippen LogP contribution in [0.15, 0.2) is 18.3 Å². The van der Waals surface area contributed by atoms with Crippen LogP contribution in [0.2, 0.25) is 0 Å². The van der Waals surface area contributed by atoms with Gasteiger partial charge < -0.3 is 4.90 Å². The topological polar surface area (TPSA) is 63.9 Å². The number of piperidine rings is 1. The minimum absolute atomic E-state index is 0.108. The number of pyridine rings is 1. The van der Waals surface area contributed by atoms with Gasteiger partial charge in [0.05, 0.1) is 0 Å². The van der Waals surface area contributed by atoms with Crippen LogP contribution in [0, 0.1) is 5.41 Å². The Hall–Kier alpha value is -1.98. The first-order valence-corrected chi connectivity index (χ1v) is 6.53. The summed E-state index contributed by atoms with van der Waals surface area (Å²) in [7, 11) is 0. The number of carbonyl (C=O) groups is 1. The van der Waals surface area contributed by atoms with Crippen LogP contribution in [0.4, 0.5) is 4.79 Å². The van der Waals surface area contributed by atoms with Gasteiger partial charge in [0.2, 0.25) is 5.65 Å². The molecule has 100 valence electrons. The fraction of sp³-hybridized carbons (Fsp3) is 0.538. The predicted molar refractivity (Wildman–Crippen MR) is 70.7 cm³/mol. The molecule has 19 heavy (non-hydrogen) atoms. The van der Waals surface area contributed by atoms with Gasteiger partial charge in [-0.2, -0.15) is 4.68 Å². The van der Waals surface area contributed by atoms with Gasteiger partial charge in [-0.25, -0.2) is 9.78 Å². The van der Waals surface area contributed by atoms with E-state index in [-0.39, 0.29) is 11.4 Å². The SMILES string of the molecule is CC1(C)CCCN(C(=O)n2nnc3ncccc32)C1. The van der Waals surface area contributed by atoms with Gasteiger partial charge in [-0.3, -0.25) is 0 Å². The smallest absolute Gasteiger partial charge is 0.322 e. The molecule has 1 amide bonds. The third-order valence-corrected chi connectivity index (χ3v) is 3.58. The highest BCUT2D eigenvalue weighted by molar-refractivity contribution is 5.86. The van der Waals surface area contributed by atoms with Crippen LogP contribution in [-0.2, 0) is 0 Å². The van der Waals surface area contributed by atoms with Gasteiger partial charge in [-0.05, 0) is 30.4 Å². The average molecular weight is 259 g/mol. The van der Waals surface area contributed by atoms with Crippen molar-refractivity contribution in [3.05, 3.63) is 18.3 Å². The number of nitrogens with zero attached hydrogens (tertiary/aromatic N) is 5. The lowest BCUT2D eigenvalue weighted by Gasteiger charge is -2.37. The molecule has 1 fully saturated rings. The van der Waals surface area contributed by atoms with Crippen LogP contribution in [0.3, 0.4) is 0 Å². The molecule has 6 heteroatoms. The van der Waals surface area contributed by atoms with E-state index in [0.29, 0.717) is 11.2 Å². The van der Waals surface area contributed by atoms with Crippen LogP contribution in [-0.4, -0.2) is 44.0 Å². The Bertz CT molecular complexity index is 618. The van der Waals surface area contributed by atoms with E-state index in [9.17, 15) is 4.79 Å². The number of aromatic nitrogens is 4. The summed E-state index contributed by atoms with van der Waals surface area (Å²) in [6.45, 7) is 5.91. The van der Waals surface area contributed by atoms with Crippen molar-refractivity contribution >= 4 is 17.2 Å². The summed E-state index contributed by atoms with van der Waals surface area (Å²) in [5.74, 6) is 0. The normalized spacial score (nSPS) is 18.7. The van der Waals surface area contributed by atoms with Crippen molar-refractivity contribution in [2.24, 2.45) is 5.41 Å². The molecular weight excluding hydrogens is 242 g/mol. The Labute approximate surface area is 111 Å². The van der Waals surface area contributed by atoms with Gasteiger partial charge in [0, 0.05) is 19.3 Å². The second kappa shape index (κ2) is 4.29. The van der Waals surface area contributed by atoms with Crippen molar-refractivity contribution < 1.29 is 4.79 Å². The molecule has 0 unspecified atom stereocenters. The van der Waals surface area contributed by atoms with E-state index in [1.807, 2.05) is 11.0 Å². The number of hydrogen-bond donors (Lipinski definition) is 0. The number of amides is 1. The Morgan fingerprint density at radius 1 is 1.42 bits per heavy atom. The van der Waals surface area contributed by atoms with Gasteiger partial charge in [-0.1, -0.05) is 19.1 Å². The Balaban J connectivity index is 1.91. The molecular formula is C13H17N5O. The zero-order valence-corrected chi connectivity index (χ0v) is 11.2. The van der Waals surface area contributed by atoms with Crippen molar-refractivity contribution in [1.29, 1.82) is 0 Å². The minimum atomic E-state index is -0.108. The van der Waals surface area contributed by atoms with Crippen molar-refractivity contribution in [2.45, 2.75) is 26.7 Å². The van der Waals surface area contributed by atoms with Crippen molar-refractivity contribution in [2.75, 3.05) is 13.1 Å². The van der Waals surface area contributed by atoms with Gasteiger partial charge in [0.1, 0.15) is 5.52 Å². The van der Waals surface area contributed by atoms with E-state index in [4.69, 9.17) is 0 Å². The van der Waals surface area contributed by atoms with E-state index >= 15 is 0 Å². The second-order valence-corrected chi connectivity index (χ2v) is 5.82. The molecule has 3 rings (SSSR count). The first kappa shape index (κ1) is 12.1. The summed E-state index contributed by atoms with van der Waals surface area (Å²) >= 11 is 0. The second-order valence-electron chi connectivity index (χ2n) is 5.82. The summed E-state index contributed by atoms with van der Waals surface area (Å²) in [6.07, 6.45) is 3.83. The maximum absolute atomic E-state index is 12.5. The van der Waals surface area contributed by atoms with Crippen molar-refractivity contribution in [3.63, 3.8) is 0 Å². The number of hydrogen-bond acceptors (Lipinski definition) is 4. The minimum Gasteiger partial charge on any atom is -0.322 e. The first-order valence-electron chi connectivity index (χ1n) is 6.53. The summed E-state index contributed by atoms with van der Waals surface area (Å²) < 4.78 is 1.35. The third-order valence-electron chi connectivity index (χ3n) is 3.58. The van der Waals surface area contributed by atoms with E-state index in [0.717, 1.165) is 25.9 Å². The lowest BCUT2D eigenvalue weighted by atomic mass is 9.84. The van der Waals surface area contributed by atoms with Crippen LogP contribution in [0.25, 0.3) is 11.2 Å². The predicted octanol–water partition coefficient (Wildman–Crippen LogP) is 1.92. The number of likely N-dealkylation sites (tertiary alicyclic amines) is 1. The zero-order valence-electron chi connectivity index (χ0n) is 11.2. The van der Waals surface area contributed by atoms with E-state index in [1.165, 1.54) is 4.68 Å². The van der Waals surface area contributed by atoms with Gasteiger partial charge in [0.25, 0.3) is 0 Å². The lowest BCUT2D eigenvalue weighted by molar-refractivity contribution is 0.129. The van der Waals surface area contributed by atoms with E-state index in [1.54, 1.807) is 12.3 Å². The summed E-state index contributed by atoms with van der Waals surface area (Å²) in [5, 5.41) is 7.86. The summed E-state index contributed by atoms with van der Waals surface area (Å²) in [6, 6.07) is 3.49. The maximum atomic E-state index is 12.5. The third kappa shape index (κ3) is 2.18. The van der Waals surface area contributed by atoms with Crippen molar-refractivity contribution in [3.8, 4) is 0 Å². The molecule has 3 heterocycles. The molecule has 0 saturated carbocycles. The molecule has 0 bridgehead atoms. The Morgan fingerprint density at radius 3 is 3.05 bits per heavy atom. The van der Waals surface area contributed by atoms with E-state index < -0.39 is 0 Å². The molecule has 1 aliphatic heterocycles. The van der Waals surface area contributed by atoms with Crippen LogP contribution >= 0.6 is 0 Å². The fourth-order valence-electron chi connectivity index (χ4n) is 2.63. The van der Waals surface area contributed by atoms with Gasteiger partial charge >= 0.3 is 6.03 Å². The molecule has 2 aromatic heterocycles. The van der Waals surface area contributed by atoms with Crippen LogP contribution < -0.4 is 0 Å². The molecule has 1 saturated heterocycles. The highest BCUT2D eigenvalue weighted by Gasteiger charge is 2.30. The molecule has 0 aliphatic carbocycles. The monoisotopic (exact) mass is 259 g/mol. The Morgan fingerprint density at radius 2 is 2.26 bits per heavy atom. The molecule has 0 radical (unpaired) electrons. The van der Waals surface area contributed by atoms with Gasteiger partial charge in [-0.15, -0.1) is 5.10 Å². The summed E-state index contributed by atoms with van der Waals surface area (Å²) in [5.41, 5.74) is 1.34. The molecule has 0 aromatic carbocycles. The van der Waals surface area contributed by atoms with Gasteiger partial charge in [0.15, 0.2) is 0 Å². The largest absolute Gasteiger partial charge is 0.346 e. The fourth-order valence-corrected chi connectivity index (χ4v) is 2.63. The lowest BCUT2D eigenvalue weighted by Crippen LogP contribution is -2.45. The molecule has 2 aromatic rings. The van der Waals surface area contributed by atoms with Crippen molar-refractivity contribution in [1.82, 2.24) is 24.9 Å². The average Bonchev–Trinajstić information content (AvgIpc) is 2.80. The number of fused-ring (bicyclic) bond motifs is 1. The standard InChI is InChI=1S/C13H17N5O/c1-13(2)6-4-8-17(9-13)12(19)18-10-5-3-7-14-11(10)15-16-18/h3,5,7H,4,6,8-9H2,1-2H3. The van der Waals surface area contributed by atoms with Crippen LogP contribution in [0.5, 0.6) is 0 Å².